The smallest absolute Gasteiger partial charge is 0.310 e. The molecule has 0 radical (unpaired) electrons. The molecule has 0 fully saturated rings. The molecule has 3 heteroatoms. The van der Waals surface area contributed by atoms with Crippen LogP contribution in [0.15, 0.2) is 12.1 Å². The Morgan fingerprint density at radius 2 is 1.81 bits per heavy atom. The molecule has 0 aliphatic rings. The first-order chi connectivity index (χ1) is 7.58. The van der Waals surface area contributed by atoms with Gasteiger partial charge in [-0.25, -0.2) is 4.57 Å². The van der Waals surface area contributed by atoms with E-state index in [2.05, 4.69) is 25.3 Å². The number of esters is 1. The van der Waals surface area contributed by atoms with E-state index in [0.717, 1.165) is 12.1 Å². The van der Waals surface area contributed by atoms with Crippen LogP contribution in [0.4, 0.5) is 0 Å². The summed E-state index contributed by atoms with van der Waals surface area (Å²) in [6, 6.07) is 4.10. The fraction of sp³-hybridized carbons (Fsp3) is 0.538. The molecule has 0 aromatic carbocycles. The Bertz CT molecular complexity index is 363. The van der Waals surface area contributed by atoms with Gasteiger partial charge in [0.2, 0.25) is 0 Å². The van der Waals surface area contributed by atoms with Crippen LogP contribution in [0.2, 0.25) is 0 Å². The maximum atomic E-state index is 11.4. The summed E-state index contributed by atoms with van der Waals surface area (Å²) in [7, 11) is 0. The van der Waals surface area contributed by atoms with Crippen LogP contribution in [0.3, 0.4) is 0 Å². The lowest BCUT2D eigenvalue weighted by molar-refractivity contribution is -0.705. The van der Waals surface area contributed by atoms with Crippen molar-refractivity contribution in [3.05, 3.63) is 29.1 Å². The van der Waals surface area contributed by atoms with E-state index in [-0.39, 0.29) is 5.97 Å². The lowest BCUT2D eigenvalue weighted by atomic mass is 10.1. The monoisotopic (exact) mass is 222 g/mol. The van der Waals surface area contributed by atoms with Crippen LogP contribution in [-0.4, -0.2) is 12.6 Å². The number of aryl methyl sites for hydroxylation is 2. The summed E-state index contributed by atoms with van der Waals surface area (Å²) in [6.45, 7) is 9.46. The molecular formula is C13H20NO2+. The largest absolute Gasteiger partial charge is 0.466 e. The molecule has 0 aliphatic heterocycles. The van der Waals surface area contributed by atoms with Crippen LogP contribution >= 0.6 is 0 Å². The Morgan fingerprint density at radius 3 is 2.25 bits per heavy atom. The Balaban J connectivity index is 2.87. The van der Waals surface area contributed by atoms with E-state index in [9.17, 15) is 4.79 Å². The van der Waals surface area contributed by atoms with Gasteiger partial charge >= 0.3 is 5.97 Å². The fourth-order valence-electron chi connectivity index (χ4n) is 1.99. The summed E-state index contributed by atoms with van der Waals surface area (Å²) < 4.78 is 7.15. The minimum atomic E-state index is -0.157. The molecule has 0 bridgehead atoms. The molecule has 0 aliphatic carbocycles. The third-order valence-electron chi connectivity index (χ3n) is 2.61. The highest BCUT2D eigenvalue weighted by molar-refractivity contribution is 5.72. The van der Waals surface area contributed by atoms with Gasteiger partial charge in [-0.3, -0.25) is 4.79 Å². The predicted molar refractivity (Wildman–Crippen MR) is 62.1 cm³/mol. The Labute approximate surface area is 97.1 Å². The van der Waals surface area contributed by atoms with Crippen LogP contribution < -0.4 is 4.57 Å². The number of ether oxygens (including phenoxy) is 1. The first kappa shape index (κ1) is 12.7. The number of carbonyl (C=O) groups excluding carboxylic acids is 1. The van der Waals surface area contributed by atoms with E-state index in [0.29, 0.717) is 13.0 Å². The topological polar surface area (TPSA) is 30.2 Å². The number of pyridine rings is 1. The van der Waals surface area contributed by atoms with Gasteiger partial charge in [0.15, 0.2) is 11.4 Å². The van der Waals surface area contributed by atoms with Crippen LogP contribution in [0.25, 0.3) is 0 Å². The van der Waals surface area contributed by atoms with Crippen molar-refractivity contribution < 1.29 is 14.1 Å². The Hall–Kier alpha value is -1.38. The number of hydrogen-bond acceptors (Lipinski definition) is 2. The van der Waals surface area contributed by atoms with Gasteiger partial charge in [0.05, 0.1) is 13.0 Å². The average Bonchev–Trinajstić information content (AvgIpc) is 2.17. The van der Waals surface area contributed by atoms with Crippen molar-refractivity contribution in [1.29, 1.82) is 0 Å². The summed E-state index contributed by atoms with van der Waals surface area (Å²) in [5.74, 6) is -0.157. The summed E-state index contributed by atoms with van der Waals surface area (Å²) >= 11 is 0. The van der Waals surface area contributed by atoms with Crippen molar-refractivity contribution >= 4 is 5.97 Å². The maximum Gasteiger partial charge on any atom is 0.310 e. The van der Waals surface area contributed by atoms with Crippen molar-refractivity contribution in [3.8, 4) is 0 Å². The molecule has 0 unspecified atom stereocenters. The predicted octanol–water partition coefficient (Wildman–Crippen LogP) is 1.72. The standard InChI is InChI=1S/C13H20NO2/c1-5-14-10(3)7-12(8-11(14)4)9-13(15)16-6-2/h7-8H,5-6,9H2,1-4H3/q+1. The first-order valence-electron chi connectivity index (χ1n) is 5.74. The Kier molecular flexibility index (Phi) is 4.47. The lowest BCUT2D eigenvalue weighted by Crippen LogP contribution is -2.39. The van der Waals surface area contributed by atoms with E-state index in [1.165, 1.54) is 11.4 Å². The van der Waals surface area contributed by atoms with Gasteiger partial charge in [-0.1, -0.05) is 0 Å². The minimum absolute atomic E-state index is 0.157. The number of aromatic nitrogens is 1. The second-order valence-corrected chi connectivity index (χ2v) is 3.87. The van der Waals surface area contributed by atoms with Crippen molar-refractivity contribution in [2.24, 2.45) is 0 Å². The van der Waals surface area contributed by atoms with Crippen LogP contribution in [0, 0.1) is 13.8 Å². The highest BCUT2D eigenvalue weighted by atomic mass is 16.5. The summed E-state index contributed by atoms with van der Waals surface area (Å²) in [4.78, 5) is 11.4. The van der Waals surface area contributed by atoms with E-state index in [1.807, 2.05) is 19.1 Å². The van der Waals surface area contributed by atoms with Crippen LogP contribution in [0.5, 0.6) is 0 Å². The molecule has 0 spiro atoms. The van der Waals surface area contributed by atoms with Crippen molar-refractivity contribution in [2.75, 3.05) is 6.61 Å². The second kappa shape index (κ2) is 5.64. The molecule has 0 N–H and O–H groups in total. The highest BCUT2D eigenvalue weighted by Gasteiger charge is 2.12. The quantitative estimate of drug-likeness (QED) is 0.573. The van der Waals surface area contributed by atoms with Crippen molar-refractivity contribution in [2.45, 2.75) is 40.7 Å². The molecule has 1 rings (SSSR count). The average molecular weight is 222 g/mol. The van der Waals surface area contributed by atoms with E-state index in [1.54, 1.807) is 0 Å². The van der Waals surface area contributed by atoms with Gasteiger partial charge in [-0.2, -0.15) is 0 Å². The maximum absolute atomic E-state index is 11.4. The number of rotatable bonds is 4. The van der Waals surface area contributed by atoms with Crippen molar-refractivity contribution in [1.82, 2.24) is 0 Å². The molecule has 0 saturated heterocycles. The van der Waals surface area contributed by atoms with Gasteiger partial charge in [0.25, 0.3) is 0 Å². The number of nitrogens with zero attached hydrogens (tertiary/aromatic N) is 1. The number of hydrogen-bond donors (Lipinski definition) is 0. The minimum Gasteiger partial charge on any atom is -0.466 e. The van der Waals surface area contributed by atoms with Gasteiger partial charge in [0, 0.05) is 26.0 Å². The third-order valence-corrected chi connectivity index (χ3v) is 2.61. The van der Waals surface area contributed by atoms with Gasteiger partial charge < -0.3 is 4.74 Å². The molecule has 1 aromatic rings. The molecule has 3 nitrogen and oxygen atoms in total. The zero-order valence-corrected chi connectivity index (χ0v) is 10.5. The fourth-order valence-corrected chi connectivity index (χ4v) is 1.99. The van der Waals surface area contributed by atoms with E-state index >= 15 is 0 Å². The van der Waals surface area contributed by atoms with Crippen LogP contribution in [0.1, 0.15) is 30.8 Å². The van der Waals surface area contributed by atoms with Gasteiger partial charge in [-0.05, 0) is 19.4 Å². The molecule has 88 valence electrons. The van der Waals surface area contributed by atoms with E-state index in [4.69, 9.17) is 4.74 Å². The summed E-state index contributed by atoms with van der Waals surface area (Å²) in [5, 5.41) is 0. The molecule has 0 amide bonds. The normalized spacial score (nSPS) is 10.2. The molecule has 16 heavy (non-hydrogen) atoms. The van der Waals surface area contributed by atoms with Crippen LogP contribution in [-0.2, 0) is 22.5 Å². The number of carbonyl (C=O) groups is 1. The van der Waals surface area contributed by atoms with Crippen molar-refractivity contribution in [3.63, 3.8) is 0 Å². The summed E-state index contributed by atoms with van der Waals surface area (Å²) in [6.07, 6.45) is 0.361. The van der Waals surface area contributed by atoms with E-state index < -0.39 is 0 Å². The molecular weight excluding hydrogens is 202 g/mol. The molecule has 1 heterocycles. The summed E-state index contributed by atoms with van der Waals surface area (Å²) in [5.41, 5.74) is 3.39. The molecule has 1 aromatic heterocycles. The lowest BCUT2D eigenvalue weighted by Gasteiger charge is -2.05. The molecule has 0 atom stereocenters. The zero-order chi connectivity index (χ0) is 12.1. The Morgan fingerprint density at radius 1 is 1.25 bits per heavy atom. The third kappa shape index (κ3) is 3.05. The second-order valence-electron chi connectivity index (χ2n) is 3.87. The SMILES string of the molecule is CCOC(=O)Cc1cc(C)[n+](CC)c(C)c1. The first-order valence-corrected chi connectivity index (χ1v) is 5.74. The zero-order valence-electron chi connectivity index (χ0n) is 10.5. The van der Waals surface area contributed by atoms with Gasteiger partial charge in [-0.15, -0.1) is 0 Å². The highest BCUT2D eigenvalue weighted by Crippen LogP contribution is 2.05. The molecule has 0 saturated carbocycles. The van der Waals surface area contributed by atoms with Gasteiger partial charge in [0.1, 0.15) is 6.54 Å².